The summed E-state index contributed by atoms with van der Waals surface area (Å²) in [7, 11) is 0. The number of hydrogen-bond acceptors (Lipinski definition) is 3. The van der Waals surface area contributed by atoms with E-state index in [9.17, 15) is 9.18 Å². The molecule has 4 nitrogen and oxygen atoms in total. The number of benzene rings is 1. The van der Waals surface area contributed by atoms with Crippen LogP contribution in [0.2, 0.25) is 10.0 Å². The molecule has 1 aromatic carbocycles. The second kappa shape index (κ2) is 5.50. The van der Waals surface area contributed by atoms with Crippen molar-refractivity contribution in [3.8, 4) is 0 Å². The highest BCUT2D eigenvalue weighted by Gasteiger charge is 2.13. The number of carboxylic acids is 1. The monoisotopic (exact) mass is 300 g/mol. The first kappa shape index (κ1) is 13.7. The van der Waals surface area contributed by atoms with Crippen molar-refractivity contribution in [2.75, 3.05) is 0 Å². The van der Waals surface area contributed by atoms with E-state index in [1.54, 1.807) is 0 Å². The lowest BCUT2D eigenvalue weighted by Gasteiger charge is -2.05. The highest BCUT2D eigenvalue weighted by Crippen LogP contribution is 2.20. The van der Waals surface area contributed by atoms with Crippen molar-refractivity contribution < 1.29 is 14.3 Å². The van der Waals surface area contributed by atoms with E-state index in [4.69, 9.17) is 28.3 Å². The van der Waals surface area contributed by atoms with Gasteiger partial charge in [0.15, 0.2) is 5.69 Å². The van der Waals surface area contributed by atoms with Crippen molar-refractivity contribution in [2.24, 2.45) is 0 Å². The van der Waals surface area contributed by atoms with Gasteiger partial charge in [0.2, 0.25) is 0 Å². The maximum atomic E-state index is 12.9. The summed E-state index contributed by atoms with van der Waals surface area (Å²) in [5.74, 6) is -1.44. The van der Waals surface area contributed by atoms with Crippen LogP contribution in [0.5, 0.6) is 0 Å². The standard InChI is InChI=1S/C12H7Cl2FN2O2/c13-8-4-7(15)2-1-6(8)3-10-16-5-9(14)11(17-10)12(18)19/h1-2,4-5H,3H2,(H,18,19). The van der Waals surface area contributed by atoms with E-state index in [2.05, 4.69) is 9.97 Å². The maximum absolute atomic E-state index is 12.9. The quantitative estimate of drug-likeness (QED) is 0.945. The van der Waals surface area contributed by atoms with Gasteiger partial charge in [0, 0.05) is 11.4 Å². The lowest BCUT2D eigenvalue weighted by Crippen LogP contribution is -2.06. The SMILES string of the molecule is O=C(O)c1nc(Cc2ccc(F)cc2Cl)ncc1Cl. The van der Waals surface area contributed by atoms with Gasteiger partial charge in [-0.05, 0) is 17.7 Å². The minimum Gasteiger partial charge on any atom is -0.476 e. The molecule has 0 fully saturated rings. The Morgan fingerprint density at radius 1 is 1.32 bits per heavy atom. The molecule has 0 spiro atoms. The van der Waals surface area contributed by atoms with Crippen molar-refractivity contribution in [2.45, 2.75) is 6.42 Å². The Morgan fingerprint density at radius 3 is 2.68 bits per heavy atom. The third-order valence-corrected chi connectivity index (χ3v) is 2.99. The summed E-state index contributed by atoms with van der Waals surface area (Å²) in [5.41, 5.74) is 0.326. The van der Waals surface area contributed by atoms with Gasteiger partial charge in [-0.25, -0.2) is 19.2 Å². The molecular weight excluding hydrogens is 294 g/mol. The zero-order valence-electron chi connectivity index (χ0n) is 9.40. The topological polar surface area (TPSA) is 63.1 Å². The minimum absolute atomic E-state index is 0.0403. The highest BCUT2D eigenvalue weighted by molar-refractivity contribution is 6.33. The summed E-state index contributed by atoms with van der Waals surface area (Å²) in [6.07, 6.45) is 1.40. The Kier molecular flexibility index (Phi) is 3.97. The molecule has 19 heavy (non-hydrogen) atoms. The van der Waals surface area contributed by atoms with Crippen molar-refractivity contribution in [1.82, 2.24) is 9.97 Å². The molecule has 0 atom stereocenters. The molecule has 0 aliphatic heterocycles. The van der Waals surface area contributed by atoms with Gasteiger partial charge in [0.25, 0.3) is 0 Å². The molecule has 0 amide bonds. The fourth-order valence-corrected chi connectivity index (χ4v) is 1.88. The molecular formula is C12H7Cl2FN2O2. The van der Waals surface area contributed by atoms with Gasteiger partial charge in [0.1, 0.15) is 11.6 Å². The molecule has 0 radical (unpaired) electrons. The first-order valence-electron chi connectivity index (χ1n) is 5.16. The molecule has 0 unspecified atom stereocenters. The number of rotatable bonds is 3. The molecule has 1 heterocycles. The average Bonchev–Trinajstić information content (AvgIpc) is 2.34. The molecule has 2 rings (SSSR count). The van der Waals surface area contributed by atoms with E-state index >= 15 is 0 Å². The number of carbonyl (C=O) groups is 1. The Balaban J connectivity index is 2.33. The second-order valence-electron chi connectivity index (χ2n) is 3.70. The summed E-state index contributed by atoms with van der Waals surface area (Å²) in [6.45, 7) is 0. The number of aromatic nitrogens is 2. The van der Waals surface area contributed by atoms with E-state index in [0.29, 0.717) is 5.56 Å². The summed E-state index contributed by atoms with van der Waals surface area (Å²) in [4.78, 5) is 18.6. The predicted octanol–water partition coefficient (Wildman–Crippen LogP) is 3.21. The molecule has 2 aromatic rings. The van der Waals surface area contributed by atoms with Crippen molar-refractivity contribution in [3.63, 3.8) is 0 Å². The Bertz CT molecular complexity index is 650. The van der Waals surface area contributed by atoms with Crippen molar-refractivity contribution >= 4 is 29.2 Å². The van der Waals surface area contributed by atoms with Crippen LogP contribution in [-0.2, 0) is 6.42 Å². The summed E-state index contributed by atoms with van der Waals surface area (Å²) in [5, 5.41) is 9.09. The van der Waals surface area contributed by atoms with Crippen LogP contribution >= 0.6 is 23.2 Å². The molecule has 1 aromatic heterocycles. The fourth-order valence-electron chi connectivity index (χ4n) is 1.47. The lowest BCUT2D eigenvalue weighted by atomic mass is 10.1. The third kappa shape index (κ3) is 3.19. The van der Waals surface area contributed by atoms with Crippen LogP contribution in [0.3, 0.4) is 0 Å². The number of aromatic carboxylic acids is 1. The van der Waals surface area contributed by atoms with Crippen molar-refractivity contribution in [1.29, 1.82) is 0 Å². The largest absolute Gasteiger partial charge is 0.476 e. The fraction of sp³-hybridized carbons (Fsp3) is 0.0833. The molecule has 0 saturated carbocycles. The smallest absolute Gasteiger partial charge is 0.356 e. The van der Waals surface area contributed by atoms with Crippen molar-refractivity contribution in [3.05, 3.63) is 57.3 Å². The van der Waals surface area contributed by atoms with Gasteiger partial charge < -0.3 is 5.11 Å². The van der Waals surface area contributed by atoms with Crippen LogP contribution in [-0.4, -0.2) is 21.0 Å². The number of nitrogens with zero attached hydrogens (tertiary/aromatic N) is 2. The van der Waals surface area contributed by atoms with E-state index in [0.717, 1.165) is 0 Å². The highest BCUT2D eigenvalue weighted by atomic mass is 35.5. The minimum atomic E-state index is -1.24. The van der Waals surface area contributed by atoms with Gasteiger partial charge in [-0.3, -0.25) is 0 Å². The summed E-state index contributed by atoms with van der Waals surface area (Å²) < 4.78 is 12.9. The molecule has 0 bridgehead atoms. The first-order chi connectivity index (χ1) is 8.97. The van der Waals surface area contributed by atoms with E-state index in [1.165, 1.54) is 24.4 Å². The molecule has 0 aliphatic rings. The van der Waals surface area contributed by atoms with Gasteiger partial charge in [-0.2, -0.15) is 0 Å². The first-order valence-corrected chi connectivity index (χ1v) is 5.91. The van der Waals surface area contributed by atoms with Crippen LogP contribution < -0.4 is 0 Å². The number of carboxylic acid groups (broad SMARTS) is 1. The molecule has 0 saturated heterocycles. The summed E-state index contributed by atoms with van der Waals surface area (Å²) >= 11 is 11.5. The van der Waals surface area contributed by atoms with E-state index in [1.807, 2.05) is 0 Å². The van der Waals surface area contributed by atoms with Gasteiger partial charge in [-0.1, -0.05) is 29.3 Å². The van der Waals surface area contributed by atoms with Gasteiger partial charge in [0.05, 0.1) is 11.2 Å². The van der Waals surface area contributed by atoms with E-state index < -0.39 is 11.8 Å². The van der Waals surface area contributed by atoms with Crippen LogP contribution in [0, 0.1) is 5.82 Å². The van der Waals surface area contributed by atoms with Crippen LogP contribution in [0.15, 0.2) is 24.4 Å². The maximum Gasteiger partial charge on any atom is 0.356 e. The third-order valence-electron chi connectivity index (χ3n) is 2.36. The average molecular weight is 301 g/mol. The predicted molar refractivity (Wildman–Crippen MR) is 68.2 cm³/mol. The van der Waals surface area contributed by atoms with Gasteiger partial charge in [-0.15, -0.1) is 0 Å². The number of halogens is 3. The van der Waals surface area contributed by atoms with Gasteiger partial charge >= 0.3 is 5.97 Å². The normalized spacial score (nSPS) is 10.5. The Labute approximate surface area is 117 Å². The summed E-state index contributed by atoms with van der Waals surface area (Å²) in [6, 6.07) is 3.93. The van der Waals surface area contributed by atoms with Crippen LogP contribution in [0.25, 0.3) is 0 Å². The van der Waals surface area contributed by atoms with E-state index in [-0.39, 0.29) is 28.0 Å². The molecule has 0 aliphatic carbocycles. The second-order valence-corrected chi connectivity index (χ2v) is 4.51. The molecule has 1 N–H and O–H groups in total. The van der Waals surface area contributed by atoms with Crippen LogP contribution in [0.1, 0.15) is 21.9 Å². The lowest BCUT2D eigenvalue weighted by molar-refractivity contribution is 0.0690. The zero-order chi connectivity index (χ0) is 14.0. The Hall–Kier alpha value is -1.72. The number of hydrogen-bond donors (Lipinski definition) is 1. The molecule has 98 valence electrons. The molecule has 7 heteroatoms. The Morgan fingerprint density at radius 2 is 2.05 bits per heavy atom. The van der Waals surface area contributed by atoms with Crippen LogP contribution in [0.4, 0.5) is 4.39 Å². The zero-order valence-corrected chi connectivity index (χ0v) is 10.9.